The molecule has 0 aliphatic rings. The van der Waals surface area contributed by atoms with Crippen LogP contribution in [0, 0.1) is 0 Å². The Morgan fingerprint density at radius 3 is 2.05 bits per heavy atom. The van der Waals surface area contributed by atoms with Crippen molar-refractivity contribution in [1.29, 1.82) is 0 Å². The lowest BCUT2D eigenvalue weighted by atomic mass is 10.1. The molecule has 0 aromatic carbocycles. The zero-order valence-corrected chi connectivity index (χ0v) is 12.1. The van der Waals surface area contributed by atoms with E-state index in [1.165, 1.54) is 0 Å². The van der Waals surface area contributed by atoms with Crippen LogP contribution >= 0.6 is 0 Å². The van der Waals surface area contributed by atoms with Gasteiger partial charge in [0.15, 0.2) is 6.29 Å². The van der Waals surface area contributed by atoms with Crippen molar-refractivity contribution in [2.75, 3.05) is 19.8 Å². The van der Waals surface area contributed by atoms with Gasteiger partial charge in [-0.2, -0.15) is 13.2 Å². The molecule has 0 spiro atoms. The van der Waals surface area contributed by atoms with Crippen molar-refractivity contribution in [3.8, 4) is 0 Å². The summed E-state index contributed by atoms with van der Waals surface area (Å²) >= 11 is 0. The van der Waals surface area contributed by atoms with Crippen molar-refractivity contribution in [1.82, 2.24) is 5.32 Å². The maximum Gasteiger partial charge on any atom is 0.389 e. The van der Waals surface area contributed by atoms with E-state index >= 15 is 0 Å². The first-order valence-corrected chi connectivity index (χ1v) is 6.97. The Hall–Kier alpha value is -0.330. The molecule has 1 unspecified atom stereocenters. The van der Waals surface area contributed by atoms with Crippen LogP contribution in [0.3, 0.4) is 0 Å². The van der Waals surface area contributed by atoms with Crippen LogP contribution in [0.5, 0.6) is 0 Å². The molecule has 0 radical (unpaired) electrons. The van der Waals surface area contributed by atoms with Gasteiger partial charge in [-0.15, -0.1) is 0 Å². The molecule has 0 aliphatic heterocycles. The van der Waals surface area contributed by atoms with Gasteiger partial charge in [-0.3, -0.25) is 0 Å². The highest BCUT2D eigenvalue weighted by atomic mass is 19.4. The van der Waals surface area contributed by atoms with E-state index in [1.807, 2.05) is 20.8 Å². The largest absolute Gasteiger partial charge is 0.389 e. The van der Waals surface area contributed by atoms with Crippen LogP contribution in [0.15, 0.2) is 0 Å². The summed E-state index contributed by atoms with van der Waals surface area (Å²) < 4.78 is 47.4. The fraction of sp³-hybridized carbons (Fsp3) is 1.00. The SMILES string of the molecule is CCCNC(CCCC(F)(F)F)C(OCC)OCC. The van der Waals surface area contributed by atoms with Gasteiger partial charge in [0.2, 0.25) is 0 Å². The molecule has 19 heavy (non-hydrogen) atoms. The van der Waals surface area contributed by atoms with Gasteiger partial charge in [-0.05, 0) is 39.7 Å². The molecule has 0 amide bonds. The molecule has 0 fully saturated rings. The normalized spacial score (nSPS) is 14.1. The molecule has 116 valence electrons. The second-order valence-electron chi connectivity index (χ2n) is 4.35. The Bertz CT molecular complexity index is 207. The minimum absolute atomic E-state index is 0.0849. The molecule has 0 aromatic heterocycles. The third-order valence-electron chi connectivity index (χ3n) is 2.62. The Morgan fingerprint density at radius 2 is 1.63 bits per heavy atom. The van der Waals surface area contributed by atoms with Gasteiger partial charge in [0.25, 0.3) is 0 Å². The topological polar surface area (TPSA) is 30.5 Å². The van der Waals surface area contributed by atoms with Gasteiger partial charge in [0, 0.05) is 19.6 Å². The van der Waals surface area contributed by atoms with Crippen molar-refractivity contribution in [2.24, 2.45) is 0 Å². The number of halogens is 3. The molecule has 1 N–H and O–H groups in total. The first-order valence-electron chi connectivity index (χ1n) is 6.97. The molecule has 0 saturated carbocycles. The molecule has 1 atom stereocenters. The zero-order valence-electron chi connectivity index (χ0n) is 12.1. The zero-order chi connectivity index (χ0) is 14.7. The molecule has 0 aromatic rings. The van der Waals surface area contributed by atoms with Crippen molar-refractivity contribution in [3.05, 3.63) is 0 Å². The van der Waals surface area contributed by atoms with E-state index in [4.69, 9.17) is 9.47 Å². The minimum atomic E-state index is -4.10. The van der Waals surface area contributed by atoms with Gasteiger partial charge in [0.1, 0.15) is 0 Å². The van der Waals surface area contributed by atoms with Gasteiger partial charge >= 0.3 is 6.18 Å². The summed E-state index contributed by atoms with van der Waals surface area (Å²) in [6.07, 6.45) is -3.94. The number of hydrogen-bond acceptors (Lipinski definition) is 3. The average molecular weight is 285 g/mol. The molecule has 0 saturated heterocycles. The lowest BCUT2D eigenvalue weighted by Crippen LogP contribution is -2.43. The van der Waals surface area contributed by atoms with Crippen molar-refractivity contribution in [2.45, 2.75) is 65.0 Å². The average Bonchev–Trinajstić information content (AvgIpc) is 2.32. The van der Waals surface area contributed by atoms with Crippen LogP contribution in [-0.4, -0.2) is 38.3 Å². The highest BCUT2D eigenvalue weighted by molar-refractivity contribution is 4.72. The highest BCUT2D eigenvalue weighted by Crippen LogP contribution is 2.23. The fourth-order valence-electron chi connectivity index (χ4n) is 1.80. The Kier molecular flexibility index (Phi) is 10.3. The Balaban J connectivity index is 4.31. The van der Waals surface area contributed by atoms with Crippen molar-refractivity contribution in [3.63, 3.8) is 0 Å². The monoisotopic (exact) mass is 285 g/mol. The number of nitrogens with one attached hydrogen (secondary N) is 1. The third kappa shape index (κ3) is 10.2. The molecule has 3 nitrogen and oxygen atoms in total. The van der Waals surface area contributed by atoms with Gasteiger partial charge in [-0.1, -0.05) is 6.92 Å². The molecule has 6 heteroatoms. The van der Waals surface area contributed by atoms with Crippen LogP contribution in [0.2, 0.25) is 0 Å². The first kappa shape index (κ1) is 18.7. The second-order valence-corrected chi connectivity index (χ2v) is 4.35. The summed E-state index contributed by atoms with van der Waals surface area (Å²) in [6, 6.07) is -0.192. The molecule has 0 aliphatic carbocycles. The Labute approximate surface area is 113 Å². The maximum absolute atomic E-state index is 12.2. The lowest BCUT2D eigenvalue weighted by Gasteiger charge is -2.27. The highest BCUT2D eigenvalue weighted by Gasteiger charge is 2.28. The summed E-state index contributed by atoms with van der Waals surface area (Å²) in [5.74, 6) is 0. The third-order valence-corrected chi connectivity index (χ3v) is 2.62. The maximum atomic E-state index is 12.2. The van der Waals surface area contributed by atoms with Gasteiger partial charge < -0.3 is 14.8 Å². The summed E-state index contributed by atoms with van der Waals surface area (Å²) in [7, 11) is 0. The van der Waals surface area contributed by atoms with Crippen molar-refractivity contribution >= 4 is 0 Å². The summed E-state index contributed by atoms with van der Waals surface area (Å²) in [5, 5.41) is 3.21. The first-order chi connectivity index (χ1) is 8.94. The molecular weight excluding hydrogens is 259 g/mol. The van der Waals surface area contributed by atoms with Crippen LogP contribution in [0.25, 0.3) is 0 Å². The summed E-state index contributed by atoms with van der Waals surface area (Å²) in [5.41, 5.74) is 0. The van der Waals surface area contributed by atoms with E-state index in [1.54, 1.807) is 0 Å². The van der Waals surface area contributed by atoms with Gasteiger partial charge in [0.05, 0.1) is 6.04 Å². The number of hydrogen-bond donors (Lipinski definition) is 1. The van der Waals surface area contributed by atoms with E-state index < -0.39 is 18.9 Å². The Morgan fingerprint density at radius 1 is 1.05 bits per heavy atom. The predicted molar refractivity (Wildman–Crippen MR) is 69.0 cm³/mol. The van der Waals surface area contributed by atoms with Crippen molar-refractivity contribution < 1.29 is 22.6 Å². The standard InChI is InChI=1S/C13H26F3NO2/c1-4-10-17-11(8-7-9-13(14,15)16)12(18-5-2)19-6-3/h11-12,17H,4-10H2,1-3H3. The van der Waals surface area contributed by atoms with E-state index in [9.17, 15) is 13.2 Å². The lowest BCUT2D eigenvalue weighted by molar-refractivity contribution is -0.159. The quantitative estimate of drug-likeness (QED) is 0.589. The fourth-order valence-corrected chi connectivity index (χ4v) is 1.80. The summed E-state index contributed by atoms with van der Waals surface area (Å²) in [6.45, 7) is 7.41. The number of rotatable bonds is 11. The van der Waals surface area contributed by atoms with E-state index in [0.29, 0.717) is 19.6 Å². The molecule has 0 rings (SSSR count). The number of ether oxygens (including phenoxy) is 2. The molecule has 0 bridgehead atoms. The van der Waals surface area contributed by atoms with Gasteiger partial charge in [-0.25, -0.2) is 0 Å². The minimum Gasteiger partial charge on any atom is -0.351 e. The molecular formula is C13H26F3NO2. The van der Waals surface area contributed by atoms with E-state index in [0.717, 1.165) is 13.0 Å². The molecule has 0 heterocycles. The summed E-state index contributed by atoms with van der Waals surface area (Å²) in [4.78, 5) is 0. The number of alkyl halides is 3. The predicted octanol–water partition coefficient (Wildman–Crippen LogP) is 3.49. The van der Waals surface area contributed by atoms with E-state index in [2.05, 4.69) is 5.32 Å². The van der Waals surface area contributed by atoms with Crippen LogP contribution < -0.4 is 5.32 Å². The van der Waals surface area contributed by atoms with Crippen LogP contribution in [0.4, 0.5) is 13.2 Å². The van der Waals surface area contributed by atoms with Crippen LogP contribution in [-0.2, 0) is 9.47 Å². The smallest absolute Gasteiger partial charge is 0.351 e. The van der Waals surface area contributed by atoms with Crippen LogP contribution in [0.1, 0.15) is 46.5 Å². The second kappa shape index (κ2) is 10.5. The van der Waals surface area contributed by atoms with E-state index in [-0.39, 0.29) is 12.5 Å².